The number of carboxylic acid groups (broad SMARTS) is 1. The minimum atomic E-state index is -1.39. The van der Waals surface area contributed by atoms with E-state index in [2.05, 4.69) is 0 Å². The molecule has 17 heavy (non-hydrogen) atoms. The van der Waals surface area contributed by atoms with Crippen LogP contribution in [0.4, 0.5) is 4.39 Å². The lowest BCUT2D eigenvalue weighted by atomic mass is 9.81. The van der Waals surface area contributed by atoms with Crippen molar-refractivity contribution >= 4 is 5.97 Å². The number of rotatable bonds is 6. The third kappa shape index (κ3) is 2.81. The monoisotopic (exact) mass is 241 g/mol. The van der Waals surface area contributed by atoms with Crippen molar-refractivity contribution in [3.8, 4) is 0 Å². The van der Waals surface area contributed by atoms with Crippen LogP contribution in [0.15, 0.2) is 24.3 Å². The average Bonchev–Trinajstić information content (AvgIpc) is 2.30. The number of halogens is 1. The lowest BCUT2D eigenvalue weighted by Gasteiger charge is -2.28. The molecule has 0 aliphatic heterocycles. The van der Waals surface area contributed by atoms with E-state index in [4.69, 9.17) is 10.5 Å². The van der Waals surface area contributed by atoms with Gasteiger partial charge in [-0.15, -0.1) is 0 Å². The first-order chi connectivity index (χ1) is 8.06. The molecule has 3 N–H and O–H groups in total. The standard InChI is InChI=1S/C12H16FNO3/c1-2-17-8-12(7-14,11(15)16)9-4-3-5-10(13)6-9/h3-6H,2,7-8,14H2,1H3,(H,15,16). The second kappa shape index (κ2) is 5.75. The van der Waals surface area contributed by atoms with Crippen molar-refractivity contribution in [2.75, 3.05) is 19.8 Å². The highest BCUT2D eigenvalue weighted by molar-refractivity contribution is 5.82. The van der Waals surface area contributed by atoms with Gasteiger partial charge in [0.1, 0.15) is 11.2 Å². The molecule has 0 amide bonds. The zero-order valence-corrected chi connectivity index (χ0v) is 9.65. The highest BCUT2D eigenvalue weighted by Gasteiger charge is 2.39. The number of aliphatic carboxylic acids is 1. The Morgan fingerprint density at radius 1 is 1.59 bits per heavy atom. The summed E-state index contributed by atoms with van der Waals surface area (Å²) in [5, 5.41) is 9.31. The predicted octanol–water partition coefficient (Wildman–Crippen LogP) is 1.14. The molecule has 0 radical (unpaired) electrons. The molecule has 1 unspecified atom stereocenters. The highest BCUT2D eigenvalue weighted by Crippen LogP contribution is 2.25. The van der Waals surface area contributed by atoms with E-state index < -0.39 is 17.2 Å². The lowest BCUT2D eigenvalue weighted by molar-refractivity contribution is -0.146. The first-order valence-electron chi connectivity index (χ1n) is 5.34. The normalized spacial score (nSPS) is 14.3. The fourth-order valence-electron chi connectivity index (χ4n) is 1.60. The van der Waals surface area contributed by atoms with Gasteiger partial charge in [-0.3, -0.25) is 4.79 Å². The Labute approximate surface area is 99.2 Å². The zero-order chi connectivity index (χ0) is 12.9. The Hall–Kier alpha value is -1.46. The number of carbonyl (C=O) groups is 1. The van der Waals surface area contributed by atoms with Crippen LogP contribution >= 0.6 is 0 Å². The van der Waals surface area contributed by atoms with Crippen molar-refractivity contribution in [1.29, 1.82) is 0 Å². The number of hydrogen-bond donors (Lipinski definition) is 2. The smallest absolute Gasteiger partial charge is 0.317 e. The molecule has 0 aliphatic carbocycles. The number of nitrogens with two attached hydrogens (primary N) is 1. The van der Waals surface area contributed by atoms with Gasteiger partial charge in [0.15, 0.2) is 0 Å². The fraction of sp³-hybridized carbons (Fsp3) is 0.417. The van der Waals surface area contributed by atoms with E-state index in [0.717, 1.165) is 0 Å². The molecule has 0 saturated heterocycles. The van der Waals surface area contributed by atoms with Crippen LogP contribution in [0.3, 0.4) is 0 Å². The molecule has 0 aromatic heterocycles. The molecule has 0 aliphatic rings. The maximum absolute atomic E-state index is 13.1. The van der Waals surface area contributed by atoms with Crippen LogP contribution in [-0.4, -0.2) is 30.8 Å². The molecule has 0 fully saturated rings. The molecule has 1 aromatic rings. The van der Waals surface area contributed by atoms with Crippen LogP contribution in [0.2, 0.25) is 0 Å². The van der Waals surface area contributed by atoms with Crippen molar-refractivity contribution in [3.63, 3.8) is 0 Å². The molecule has 1 atom stereocenters. The van der Waals surface area contributed by atoms with E-state index in [9.17, 15) is 14.3 Å². The molecule has 0 heterocycles. The van der Waals surface area contributed by atoms with Gasteiger partial charge in [-0.2, -0.15) is 0 Å². The quantitative estimate of drug-likeness (QED) is 0.783. The van der Waals surface area contributed by atoms with Gasteiger partial charge >= 0.3 is 5.97 Å². The van der Waals surface area contributed by atoms with E-state index in [1.54, 1.807) is 13.0 Å². The summed E-state index contributed by atoms with van der Waals surface area (Å²) in [4.78, 5) is 11.4. The summed E-state index contributed by atoms with van der Waals surface area (Å²) in [6.45, 7) is 1.92. The Balaban J connectivity index is 3.16. The van der Waals surface area contributed by atoms with Crippen molar-refractivity contribution < 1.29 is 19.0 Å². The lowest BCUT2D eigenvalue weighted by Crippen LogP contribution is -2.47. The number of hydrogen-bond acceptors (Lipinski definition) is 3. The number of carboxylic acids is 1. The van der Waals surface area contributed by atoms with Gasteiger partial charge in [-0.1, -0.05) is 12.1 Å². The van der Waals surface area contributed by atoms with Gasteiger partial charge in [-0.05, 0) is 24.6 Å². The maximum Gasteiger partial charge on any atom is 0.317 e. The Morgan fingerprint density at radius 3 is 2.76 bits per heavy atom. The van der Waals surface area contributed by atoms with E-state index in [1.807, 2.05) is 0 Å². The fourth-order valence-corrected chi connectivity index (χ4v) is 1.60. The van der Waals surface area contributed by atoms with Crippen LogP contribution in [0.5, 0.6) is 0 Å². The Morgan fingerprint density at radius 2 is 2.29 bits per heavy atom. The Kier molecular flexibility index (Phi) is 4.60. The summed E-state index contributed by atoms with van der Waals surface area (Å²) < 4.78 is 18.3. The molecule has 0 bridgehead atoms. The summed E-state index contributed by atoms with van der Waals surface area (Å²) in [7, 11) is 0. The molecule has 94 valence electrons. The molecule has 1 rings (SSSR count). The summed E-state index contributed by atoms with van der Waals surface area (Å²) in [5.41, 5.74) is 4.48. The molecular weight excluding hydrogens is 225 g/mol. The van der Waals surface area contributed by atoms with Gasteiger partial charge in [0, 0.05) is 13.2 Å². The summed E-state index contributed by atoms with van der Waals surface area (Å²) in [5.74, 6) is -1.60. The predicted molar refractivity (Wildman–Crippen MR) is 61.3 cm³/mol. The van der Waals surface area contributed by atoms with Gasteiger partial charge in [0.2, 0.25) is 0 Å². The van der Waals surface area contributed by atoms with Gasteiger partial charge in [-0.25, -0.2) is 4.39 Å². The van der Waals surface area contributed by atoms with Crippen LogP contribution < -0.4 is 5.73 Å². The number of ether oxygens (including phenoxy) is 1. The van der Waals surface area contributed by atoms with Crippen LogP contribution in [0.1, 0.15) is 12.5 Å². The largest absolute Gasteiger partial charge is 0.480 e. The van der Waals surface area contributed by atoms with Crippen LogP contribution in [0.25, 0.3) is 0 Å². The van der Waals surface area contributed by atoms with E-state index >= 15 is 0 Å². The Bertz CT molecular complexity index is 397. The third-order valence-corrected chi connectivity index (χ3v) is 2.69. The number of benzene rings is 1. The van der Waals surface area contributed by atoms with Gasteiger partial charge in [0.25, 0.3) is 0 Å². The molecule has 4 nitrogen and oxygen atoms in total. The molecule has 0 spiro atoms. The molecule has 0 saturated carbocycles. The first-order valence-corrected chi connectivity index (χ1v) is 5.34. The van der Waals surface area contributed by atoms with Crippen molar-refractivity contribution in [3.05, 3.63) is 35.6 Å². The second-order valence-electron chi connectivity index (χ2n) is 3.74. The second-order valence-corrected chi connectivity index (χ2v) is 3.74. The first kappa shape index (κ1) is 13.6. The summed E-state index contributed by atoms with van der Waals surface area (Å²) >= 11 is 0. The minimum absolute atomic E-state index is 0.0706. The topological polar surface area (TPSA) is 72.5 Å². The van der Waals surface area contributed by atoms with E-state index in [1.165, 1.54) is 18.2 Å². The van der Waals surface area contributed by atoms with Crippen LogP contribution in [0, 0.1) is 5.82 Å². The van der Waals surface area contributed by atoms with Gasteiger partial charge in [0.05, 0.1) is 6.61 Å². The summed E-state index contributed by atoms with van der Waals surface area (Å²) in [6, 6.07) is 5.44. The molecule has 1 aromatic carbocycles. The SMILES string of the molecule is CCOCC(CN)(C(=O)O)c1cccc(F)c1. The zero-order valence-electron chi connectivity index (χ0n) is 9.65. The van der Waals surface area contributed by atoms with E-state index in [-0.39, 0.29) is 13.2 Å². The molecular formula is C12H16FNO3. The third-order valence-electron chi connectivity index (χ3n) is 2.69. The molecule has 5 heteroatoms. The summed E-state index contributed by atoms with van der Waals surface area (Å²) in [6.07, 6.45) is 0. The average molecular weight is 241 g/mol. The highest BCUT2D eigenvalue weighted by atomic mass is 19.1. The minimum Gasteiger partial charge on any atom is -0.480 e. The van der Waals surface area contributed by atoms with Crippen molar-refractivity contribution in [1.82, 2.24) is 0 Å². The van der Waals surface area contributed by atoms with Crippen molar-refractivity contribution in [2.24, 2.45) is 5.73 Å². The van der Waals surface area contributed by atoms with E-state index in [0.29, 0.717) is 12.2 Å². The van der Waals surface area contributed by atoms with Gasteiger partial charge < -0.3 is 15.6 Å². The van der Waals surface area contributed by atoms with Crippen LogP contribution in [-0.2, 0) is 14.9 Å². The maximum atomic E-state index is 13.1. The van der Waals surface area contributed by atoms with Crippen molar-refractivity contribution in [2.45, 2.75) is 12.3 Å².